The molecule has 0 unspecified atom stereocenters. The number of nitrogens with zero attached hydrogens (tertiary/aromatic N) is 2. The summed E-state index contributed by atoms with van der Waals surface area (Å²) in [5.74, 6) is -1.05. The van der Waals surface area contributed by atoms with Gasteiger partial charge in [0, 0.05) is 26.9 Å². The summed E-state index contributed by atoms with van der Waals surface area (Å²) < 4.78 is 10.6. The number of benzene rings is 1. The SMILES string of the molecule is Cc1cc(-c2cc(C(=O)OCC(=O)NCc3ccc(Cl)cc3)c3c(C)noc3n2)c(C)s1. The molecule has 0 aliphatic rings. The van der Waals surface area contributed by atoms with E-state index in [1.165, 1.54) is 0 Å². The first-order valence-electron chi connectivity index (χ1n) is 9.84. The van der Waals surface area contributed by atoms with Gasteiger partial charge in [-0.1, -0.05) is 28.9 Å². The van der Waals surface area contributed by atoms with E-state index < -0.39 is 18.5 Å². The molecule has 4 rings (SSSR count). The third-order valence-corrected chi connectivity index (χ3v) is 6.11. The molecule has 1 aromatic carbocycles. The van der Waals surface area contributed by atoms with Crippen LogP contribution in [0.3, 0.4) is 0 Å². The van der Waals surface area contributed by atoms with Crippen LogP contribution in [0.2, 0.25) is 5.02 Å². The first-order valence-corrected chi connectivity index (χ1v) is 11.0. The van der Waals surface area contributed by atoms with Crippen molar-refractivity contribution in [2.24, 2.45) is 0 Å². The largest absolute Gasteiger partial charge is 0.452 e. The van der Waals surface area contributed by atoms with E-state index in [1.54, 1.807) is 36.5 Å². The lowest BCUT2D eigenvalue weighted by atomic mass is 10.1. The van der Waals surface area contributed by atoms with Crippen molar-refractivity contribution >= 4 is 45.9 Å². The summed E-state index contributed by atoms with van der Waals surface area (Å²) in [4.78, 5) is 31.8. The van der Waals surface area contributed by atoms with Crippen LogP contribution in [0.25, 0.3) is 22.4 Å². The molecule has 0 saturated carbocycles. The number of carbonyl (C=O) groups is 2. The molecule has 0 aliphatic carbocycles. The van der Waals surface area contributed by atoms with Gasteiger partial charge >= 0.3 is 5.97 Å². The normalized spacial score (nSPS) is 11.0. The third-order valence-electron chi connectivity index (χ3n) is 4.89. The van der Waals surface area contributed by atoms with Crippen molar-refractivity contribution in [3.8, 4) is 11.3 Å². The quantitative estimate of drug-likeness (QED) is 0.399. The van der Waals surface area contributed by atoms with Gasteiger partial charge in [-0.25, -0.2) is 9.78 Å². The van der Waals surface area contributed by atoms with Crippen LogP contribution in [0.15, 0.2) is 40.9 Å². The number of fused-ring (bicyclic) bond motifs is 1. The zero-order valence-corrected chi connectivity index (χ0v) is 19.3. The van der Waals surface area contributed by atoms with Crippen LogP contribution in [-0.2, 0) is 16.1 Å². The minimum absolute atomic E-state index is 0.252. The minimum Gasteiger partial charge on any atom is -0.452 e. The van der Waals surface area contributed by atoms with Crippen molar-refractivity contribution in [3.63, 3.8) is 0 Å². The molecule has 3 heterocycles. The van der Waals surface area contributed by atoms with Crippen LogP contribution in [-0.4, -0.2) is 28.6 Å². The molecule has 3 aromatic heterocycles. The maximum atomic E-state index is 12.9. The molecule has 9 heteroatoms. The van der Waals surface area contributed by atoms with E-state index in [9.17, 15) is 9.59 Å². The van der Waals surface area contributed by atoms with Gasteiger partial charge in [0.25, 0.3) is 11.6 Å². The van der Waals surface area contributed by atoms with E-state index >= 15 is 0 Å². The predicted octanol–water partition coefficient (Wildman–Crippen LogP) is 5.00. The van der Waals surface area contributed by atoms with Crippen molar-refractivity contribution in [3.05, 3.63) is 68.0 Å². The van der Waals surface area contributed by atoms with Crippen LogP contribution < -0.4 is 5.32 Å². The fourth-order valence-corrected chi connectivity index (χ4v) is 4.40. The number of ether oxygens (including phenoxy) is 1. The molecule has 0 bridgehead atoms. The van der Waals surface area contributed by atoms with Crippen molar-refractivity contribution in [1.29, 1.82) is 0 Å². The van der Waals surface area contributed by atoms with Crippen molar-refractivity contribution in [1.82, 2.24) is 15.5 Å². The fraction of sp³-hybridized carbons (Fsp3) is 0.217. The van der Waals surface area contributed by atoms with Gasteiger partial charge in [-0.15, -0.1) is 11.3 Å². The monoisotopic (exact) mass is 469 g/mol. The number of hydrogen-bond acceptors (Lipinski definition) is 7. The van der Waals surface area contributed by atoms with E-state index in [2.05, 4.69) is 15.5 Å². The number of esters is 1. The Morgan fingerprint density at radius 3 is 2.59 bits per heavy atom. The summed E-state index contributed by atoms with van der Waals surface area (Å²) in [6, 6.07) is 10.8. The molecular formula is C23H20ClN3O4S. The number of pyridine rings is 1. The Morgan fingerprint density at radius 2 is 1.91 bits per heavy atom. The Morgan fingerprint density at radius 1 is 1.16 bits per heavy atom. The molecule has 4 aromatic rings. The number of amides is 1. The molecule has 0 spiro atoms. The smallest absolute Gasteiger partial charge is 0.339 e. The summed E-state index contributed by atoms with van der Waals surface area (Å²) in [6.45, 7) is 5.62. The van der Waals surface area contributed by atoms with Gasteiger partial charge in [-0.05, 0) is 50.6 Å². The molecule has 1 N–H and O–H groups in total. The number of aryl methyl sites for hydroxylation is 3. The number of hydrogen-bond donors (Lipinski definition) is 1. The van der Waals surface area contributed by atoms with Crippen LogP contribution in [0.4, 0.5) is 0 Å². The van der Waals surface area contributed by atoms with E-state index in [0.717, 1.165) is 20.9 Å². The highest BCUT2D eigenvalue weighted by Gasteiger charge is 2.22. The summed E-state index contributed by atoms with van der Waals surface area (Å²) in [5, 5.41) is 7.75. The molecular weight excluding hydrogens is 450 g/mol. The summed E-state index contributed by atoms with van der Waals surface area (Å²) >= 11 is 7.51. The van der Waals surface area contributed by atoms with Crippen LogP contribution in [0, 0.1) is 20.8 Å². The van der Waals surface area contributed by atoms with Gasteiger partial charge in [0.05, 0.1) is 22.3 Å². The van der Waals surface area contributed by atoms with Crippen LogP contribution >= 0.6 is 22.9 Å². The first-order chi connectivity index (χ1) is 15.3. The molecule has 0 radical (unpaired) electrons. The van der Waals surface area contributed by atoms with Gasteiger partial charge in [-0.2, -0.15) is 0 Å². The van der Waals surface area contributed by atoms with Crippen molar-refractivity contribution in [2.45, 2.75) is 27.3 Å². The molecule has 164 valence electrons. The topological polar surface area (TPSA) is 94.3 Å². The standard InChI is InChI=1S/C23H20ClN3O4S/c1-12-8-17(14(3)32-12)19-9-18(21-13(2)27-31-22(21)26-19)23(29)30-11-20(28)25-10-15-4-6-16(24)7-5-15/h4-9H,10-11H2,1-3H3,(H,25,28). The second-order valence-electron chi connectivity index (χ2n) is 7.31. The molecule has 0 fully saturated rings. The number of nitrogens with one attached hydrogen (secondary N) is 1. The zero-order chi connectivity index (χ0) is 22.8. The Hall–Kier alpha value is -3.23. The number of aromatic nitrogens is 2. The fourth-order valence-electron chi connectivity index (χ4n) is 3.34. The summed E-state index contributed by atoms with van der Waals surface area (Å²) in [7, 11) is 0. The van der Waals surface area contributed by atoms with Crippen molar-refractivity contribution < 1.29 is 18.8 Å². The van der Waals surface area contributed by atoms with Gasteiger partial charge in [0.15, 0.2) is 6.61 Å². The maximum absolute atomic E-state index is 12.9. The van der Waals surface area contributed by atoms with E-state index in [-0.39, 0.29) is 11.3 Å². The Balaban J connectivity index is 1.51. The third kappa shape index (κ3) is 4.66. The van der Waals surface area contributed by atoms with Gasteiger partial charge in [0.2, 0.25) is 0 Å². The molecule has 0 atom stereocenters. The highest BCUT2D eigenvalue weighted by atomic mass is 35.5. The Bertz CT molecular complexity index is 1310. The summed E-state index contributed by atoms with van der Waals surface area (Å²) in [5.41, 5.74) is 3.43. The van der Waals surface area contributed by atoms with E-state index in [4.69, 9.17) is 20.9 Å². The zero-order valence-electron chi connectivity index (χ0n) is 17.7. The number of halogens is 1. The molecule has 32 heavy (non-hydrogen) atoms. The van der Waals surface area contributed by atoms with E-state index in [1.807, 2.05) is 32.0 Å². The lowest BCUT2D eigenvalue weighted by molar-refractivity contribution is -0.124. The lowest BCUT2D eigenvalue weighted by Gasteiger charge is -2.09. The number of rotatable bonds is 6. The minimum atomic E-state index is -0.642. The van der Waals surface area contributed by atoms with Crippen LogP contribution in [0.1, 0.15) is 31.4 Å². The predicted molar refractivity (Wildman–Crippen MR) is 123 cm³/mol. The Kier molecular flexibility index (Phi) is 6.25. The summed E-state index contributed by atoms with van der Waals surface area (Å²) in [6.07, 6.45) is 0. The second kappa shape index (κ2) is 9.10. The van der Waals surface area contributed by atoms with Gasteiger partial charge < -0.3 is 14.6 Å². The lowest BCUT2D eigenvalue weighted by Crippen LogP contribution is -2.28. The van der Waals surface area contributed by atoms with Gasteiger partial charge in [-0.3, -0.25) is 4.79 Å². The van der Waals surface area contributed by atoms with Crippen molar-refractivity contribution in [2.75, 3.05) is 6.61 Å². The number of carbonyl (C=O) groups excluding carboxylic acids is 2. The highest BCUT2D eigenvalue weighted by molar-refractivity contribution is 7.12. The second-order valence-corrected chi connectivity index (χ2v) is 9.21. The molecule has 0 saturated heterocycles. The number of thiophene rings is 1. The maximum Gasteiger partial charge on any atom is 0.339 e. The molecule has 7 nitrogen and oxygen atoms in total. The molecule has 0 aliphatic heterocycles. The Labute approximate surface area is 193 Å². The average molecular weight is 470 g/mol. The molecule has 1 amide bonds. The highest BCUT2D eigenvalue weighted by Crippen LogP contribution is 2.33. The van der Waals surface area contributed by atoms with Gasteiger partial charge in [0.1, 0.15) is 0 Å². The average Bonchev–Trinajstić information content (AvgIpc) is 3.32. The van der Waals surface area contributed by atoms with E-state index in [0.29, 0.717) is 28.3 Å². The first kappa shape index (κ1) is 22.0. The van der Waals surface area contributed by atoms with Crippen LogP contribution in [0.5, 0.6) is 0 Å².